The normalized spacial score (nSPS) is 17.6. The van der Waals surface area contributed by atoms with E-state index in [4.69, 9.17) is 35.6 Å². The molecule has 2 aliphatic rings. The van der Waals surface area contributed by atoms with E-state index in [1.54, 1.807) is 19.2 Å². The fourth-order valence-electron chi connectivity index (χ4n) is 5.32. The summed E-state index contributed by atoms with van der Waals surface area (Å²) < 4.78 is 17.1. The van der Waals surface area contributed by atoms with E-state index in [1.807, 2.05) is 26.8 Å². The number of halogens is 1. The zero-order chi connectivity index (χ0) is 26.2. The smallest absolute Gasteiger partial charge is 0.163 e. The molecule has 37 heavy (non-hydrogen) atoms. The molecule has 0 aliphatic carbocycles. The van der Waals surface area contributed by atoms with E-state index >= 15 is 0 Å². The lowest BCUT2D eigenvalue weighted by atomic mass is 9.75. The zero-order valence-corrected chi connectivity index (χ0v) is 22.6. The number of hydrogen-bond donors (Lipinski definition) is 2. The molecule has 0 bridgehead atoms. The van der Waals surface area contributed by atoms with Crippen LogP contribution in [0.5, 0.6) is 5.75 Å². The van der Waals surface area contributed by atoms with Crippen LogP contribution in [-0.4, -0.2) is 72.8 Å². The summed E-state index contributed by atoms with van der Waals surface area (Å²) in [5.74, 6) is 2.67. The van der Waals surface area contributed by atoms with Crippen molar-refractivity contribution in [3.8, 4) is 28.4 Å². The minimum absolute atomic E-state index is 0.157. The zero-order valence-electron chi connectivity index (χ0n) is 21.8. The van der Waals surface area contributed by atoms with E-state index in [1.165, 1.54) is 6.42 Å². The summed E-state index contributed by atoms with van der Waals surface area (Å²) in [5.41, 5.74) is 4.26. The van der Waals surface area contributed by atoms with Gasteiger partial charge in [0, 0.05) is 42.8 Å². The summed E-state index contributed by atoms with van der Waals surface area (Å²) in [6.07, 6.45) is 1.64. The minimum atomic E-state index is -0.625. The monoisotopic (exact) mass is 527 g/mol. The maximum Gasteiger partial charge on any atom is 0.163 e. The van der Waals surface area contributed by atoms with Gasteiger partial charge < -0.3 is 29.3 Å². The first kappa shape index (κ1) is 25.9. The van der Waals surface area contributed by atoms with Crippen molar-refractivity contribution >= 4 is 17.4 Å². The largest absolute Gasteiger partial charge is 0.491 e. The third kappa shape index (κ3) is 5.18. The highest BCUT2D eigenvalue weighted by molar-refractivity contribution is 6.33. The molecule has 1 aromatic carbocycles. The van der Waals surface area contributed by atoms with Crippen molar-refractivity contribution in [3.05, 3.63) is 40.2 Å². The average Bonchev–Trinajstić information content (AvgIpc) is 3.20. The molecule has 5 rings (SSSR count). The van der Waals surface area contributed by atoms with Crippen molar-refractivity contribution in [1.29, 1.82) is 0 Å². The Kier molecular flexibility index (Phi) is 7.40. The number of aliphatic hydroxyl groups is 1. The average molecular weight is 528 g/mol. The van der Waals surface area contributed by atoms with Gasteiger partial charge in [0.1, 0.15) is 30.0 Å². The van der Waals surface area contributed by atoms with Crippen molar-refractivity contribution in [2.45, 2.75) is 39.7 Å². The van der Waals surface area contributed by atoms with E-state index in [0.717, 1.165) is 61.1 Å². The van der Waals surface area contributed by atoms with Crippen molar-refractivity contribution in [2.24, 2.45) is 5.41 Å². The summed E-state index contributed by atoms with van der Waals surface area (Å²) in [6, 6.07) is 5.38. The van der Waals surface area contributed by atoms with Crippen LogP contribution in [0, 0.1) is 26.2 Å². The number of ether oxygens (including phenoxy) is 2. The number of rotatable bonds is 8. The van der Waals surface area contributed by atoms with E-state index in [0.29, 0.717) is 34.5 Å². The van der Waals surface area contributed by atoms with Crippen LogP contribution in [0.4, 0.5) is 5.82 Å². The Hall–Kier alpha value is -2.72. The Morgan fingerprint density at radius 2 is 2.05 bits per heavy atom. The van der Waals surface area contributed by atoms with Gasteiger partial charge >= 0.3 is 0 Å². The molecular formula is C27H34ClN5O4. The highest BCUT2D eigenvalue weighted by Gasteiger charge is 2.45. The van der Waals surface area contributed by atoms with E-state index in [9.17, 15) is 5.11 Å². The summed E-state index contributed by atoms with van der Waals surface area (Å²) in [5, 5.41) is 17.7. The Morgan fingerprint density at radius 3 is 2.73 bits per heavy atom. The number of hydrogen-bond acceptors (Lipinski definition) is 9. The molecule has 1 spiro atoms. The van der Waals surface area contributed by atoms with Crippen molar-refractivity contribution in [2.75, 3.05) is 51.4 Å². The molecule has 2 fully saturated rings. The molecule has 0 saturated carbocycles. The summed E-state index contributed by atoms with van der Waals surface area (Å²) >= 11 is 6.66. The molecule has 0 amide bonds. The Bertz CT molecular complexity index is 1250. The van der Waals surface area contributed by atoms with Crippen LogP contribution in [-0.2, 0) is 4.74 Å². The number of nitrogens with one attached hydrogen (secondary N) is 1. The molecule has 0 unspecified atom stereocenters. The number of likely N-dealkylation sites (N-methyl/N-ethyl adjacent to an activating group) is 1. The number of anilines is 1. The molecule has 0 radical (unpaired) electrons. The van der Waals surface area contributed by atoms with Gasteiger partial charge in [-0.25, -0.2) is 9.97 Å². The first-order valence-corrected chi connectivity index (χ1v) is 13.1. The second-order valence-corrected chi connectivity index (χ2v) is 10.6. The van der Waals surface area contributed by atoms with E-state index in [2.05, 4.69) is 15.4 Å². The molecule has 9 nitrogen and oxygen atoms in total. The first-order valence-electron chi connectivity index (χ1n) is 12.7. The molecule has 2 aliphatic heterocycles. The predicted molar refractivity (Wildman–Crippen MR) is 142 cm³/mol. The fraction of sp³-hybridized carbons (Fsp3) is 0.519. The maximum absolute atomic E-state index is 10.0. The van der Waals surface area contributed by atoms with Gasteiger partial charge in [-0.3, -0.25) is 0 Å². The van der Waals surface area contributed by atoms with Crippen LogP contribution in [0.3, 0.4) is 0 Å². The van der Waals surface area contributed by atoms with Crippen molar-refractivity contribution in [1.82, 2.24) is 20.4 Å². The highest BCUT2D eigenvalue weighted by atomic mass is 35.5. The topological polar surface area (TPSA) is 106 Å². The van der Waals surface area contributed by atoms with Gasteiger partial charge in [0.05, 0.1) is 28.6 Å². The van der Waals surface area contributed by atoms with E-state index in [-0.39, 0.29) is 12.0 Å². The van der Waals surface area contributed by atoms with Crippen LogP contribution in [0.15, 0.2) is 22.7 Å². The van der Waals surface area contributed by atoms with Crippen molar-refractivity contribution in [3.63, 3.8) is 0 Å². The first-order chi connectivity index (χ1) is 17.8. The third-order valence-corrected chi connectivity index (χ3v) is 7.54. The van der Waals surface area contributed by atoms with E-state index < -0.39 is 6.10 Å². The lowest BCUT2D eigenvalue weighted by Crippen LogP contribution is -2.60. The van der Waals surface area contributed by atoms with Crippen molar-refractivity contribution < 1.29 is 19.1 Å². The molecule has 2 N–H and O–H groups in total. The molecule has 2 aromatic heterocycles. The summed E-state index contributed by atoms with van der Waals surface area (Å²) in [6.45, 7) is 9.89. The third-order valence-electron chi connectivity index (χ3n) is 7.21. The molecule has 10 heteroatoms. The van der Waals surface area contributed by atoms with Gasteiger partial charge in [0.2, 0.25) is 0 Å². The predicted octanol–water partition coefficient (Wildman–Crippen LogP) is 3.95. The number of nitrogens with zero attached hydrogens (tertiary/aromatic N) is 4. The molecular weight excluding hydrogens is 494 g/mol. The second kappa shape index (κ2) is 10.6. The van der Waals surface area contributed by atoms with Gasteiger partial charge in [-0.2, -0.15) is 0 Å². The van der Waals surface area contributed by atoms with Crippen LogP contribution in [0.2, 0.25) is 5.02 Å². The highest BCUT2D eigenvalue weighted by Crippen LogP contribution is 2.43. The lowest BCUT2D eigenvalue weighted by Gasteiger charge is -2.52. The SMILES string of the molecule is CNC[C@@H](O)COc1ccc(Cl)c(-c2nc(-c3c(C)noc3C)c(C)c(N3CC4(CCCOC4)C3)n2)c1. The summed E-state index contributed by atoms with van der Waals surface area (Å²) in [4.78, 5) is 12.3. The van der Waals surface area contributed by atoms with Crippen LogP contribution < -0.4 is 15.0 Å². The molecule has 4 heterocycles. The van der Waals surface area contributed by atoms with Crippen LogP contribution in [0.25, 0.3) is 22.6 Å². The van der Waals surface area contributed by atoms with Gasteiger partial charge in [-0.15, -0.1) is 0 Å². The van der Waals surface area contributed by atoms with Crippen LogP contribution >= 0.6 is 11.6 Å². The maximum atomic E-state index is 10.0. The lowest BCUT2D eigenvalue weighted by molar-refractivity contribution is -0.0237. The molecule has 3 aromatic rings. The summed E-state index contributed by atoms with van der Waals surface area (Å²) in [7, 11) is 1.79. The van der Waals surface area contributed by atoms with Gasteiger partial charge in [-0.05, 0) is 58.9 Å². The standard InChI is InChI=1S/C27H34ClN5O4/c1-16-24(23-17(2)32-37-18(23)3)30-25(31-26(16)33-13-27(14-33)8-5-9-35-15-27)21-10-20(6-7-22(21)28)36-12-19(34)11-29-4/h6-7,10,19,29,34H,5,8-9,11-15H2,1-4H3/t19-/m1/s1. The Balaban J connectivity index is 1.54. The Morgan fingerprint density at radius 1 is 1.24 bits per heavy atom. The molecule has 198 valence electrons. The number of aliphatic hydroxyl groups excluding tert-OH is 1. The molecule has 1 atom stereocenters. The van der Waals surface area contributed by atoms with Gasteiger partial charge in [-0.1, -0.05) is 16.8 Å². The number of aryl methyl sites for hydroxylation is 2. The van der Waals surface area contributed by atoms with Gasteiger partial charge in [0.25, 0.3) is 0 Å². The quantitative estimate of drug-likeness (QED) is 0.450. The second-order valence-electron chi connectivity index (χ2n) is 10.2. The fourth-order valence-corrected chi connectivity index (χ4v) is 5.52. The molecule has 2 saturated heterocycles. The van der Waals surface area contributed by atoms with Crippen LogP contribution in [0.1, 0.15) is 29.9 Å². The van der Waals surface area contributed by atoms with Gasteiger partial charge in [0.15, 0.2) is 5.82 Å². The minimum Gasteiger partial charge on any atom is -0.491 e. The number of benzene rings is 1. The number of aromatic nitrogens is 3. The Labute approximate surface area is 222 Å².